The van der Waals surface area contributed by atoms with E-state index in [9.17, 15) is 0 Å². The lowest BCUT2D eigenvalue weighted by Crippen LogP contribution is -2.31. The number of hydrogen-bond donors (Lipinski definition) is 1. The standard InChI is InChI=1S/C15H17N5S/c1-10-8-9-13(21-10)14(11(2)16)20-18-15(17-19-20)12-6-4-3-5-7-12/h3-9,11,14H,16H2,1-2H3. The highest BCUT2D eigenvalue weighted by atomic mass is 32.1. The van der Waals surface area contributed by atoms with E-state index < -0.39 is 0 Å². The largest absolute Gasteiger partial charge is 0.326 e. The van der Waals surface area contributed by atoms with Crippen LogP contribution in [0.2, 0.25) is 0 Å². The molecule has 108 valence electrons. The lowest BCUT2D eigenvalue weighted by molar-refractivity contribution is 0.405. The van der Waals surface area contributed by atoms with Crippen LogP contribution in [0.15, 0.2) is 42.5 Å². The third-order valence-corrected chi connectivity index (χ3v) is 4.33. The van der Waals surface area contributed by atoms with Crippen LogP contribution in [0.1, 0.15) is 22.7 Å². The molecule has 0 aliphatic heterocycles. The number of nitrogens with two attached hydrogens (primary N) is 1. The number of aryl methyl sites for hydroxylation is 1. The van der Waals surface area contributed by atoms with Gasteiger partial charge in [0.2, 0.25) is 5.82 Å². The lowest BCUT2D eigenvalue weighted by Gasteiger charge is -2.17. The van der Waals surface area contributed by atoms with Gasteiger partial charge < -0.3 is 5.73 Å². The number of rotatable bonds is 4. The van der Waals surface area contributed by atoms with Crippen molar-refractivity contribution in [3.05, 3.63) is 52.2 Å². The first-order valence-corrected chi connectivity index (χ1v) is 7.63. The van der Waals surface area contributed by atoms with Gasteiger partial charge in [0, 0.05) is 21.4 Å². The molecule has 0 aliphatic carbocycles. The normalized spacial score (nSPS) is 14.0. The molecule has 0 bridgehead atoms. The molecule has 0 amide bonds. The molecule has 2 unspecified atom stereocenters. The Kier molecular flexibility index (Phi) is 3.81. The van der Waals surface area contributed by atoms with Gasteiger partial charge in [-0.25, -0.2) is 0 Å². The van der Waals surface area contributed by atoms with Crippen LogP contribution in [0.5, 0.6) is 0 Å². The Morgan fingerprint density at radius 3 is 2.52 bits per heavy atom. The van der Waals surface area contributed by atoms with E-state index >= 15 is 0 Å². The summed E-state index contributed by atoms with van der Waals surface area (Å²) in [7, 11) is 0. The van der Waals surface area contributed by atoms with Gasteiger partial charge in [-0.2, -0.15) is 4.80 Å². The molecule has 1 aromatic carbocycles. The van der Waals surface area contributed by atoms with Crippen molar-refractivity contribution in [2.75, 3.05) is 0 Å². The van der Waals surface area contributed by atoms with Crippen LogP contribution in [0.3, 0.4) is 0 Å². The summed E-state index contributed by atoms with van der Waals surface area (Å²) in [6.07, 6.45) is 0. The predicted octanol–water partition coefficient (Wildman–Crippen LogP) is 2.65. The summed E-state index contributed by atoms with van der Waals surface area (Å²) in [4.78, 5) is 4.02. The molecule has 3 rings (SSSR count). The molecule has 2 atom stereocenters. The first kappa shape index (κ1) is 13.9. The van der Waals surface area contributed by atoms with E-state index in [1.54, 1.807) is 16.1 Å². The van der Waals surface area contributed by atoms with E-state index in [4.69, 9.17) is 5.73 Å². The van der Waals surface area contributed by atoms with Crippen molar-refractivity contribution in [2.45, 2.75) is 25.9 Å². The fourth-order valence-electron chi connectivity index (χ4n) is 2.24. The van der Waals surface area contributed by atoms with E-state index in [2.05, 4.69) is 34.5 Å². The number of benzene rings is 1. The predicted molar refractivity (Wildman–Crippen MR) is 84.1 cm³/mol. The van der Waals surface area contributed by atoms with Crippen molar-refractivity contribution in [2.24, 2.45) is 5.73 Å². The van der Waals surface area contributed by atoms with Crippen LogP contribution >= 0.6 is 11.3 Å². The molecular weight excluding hydrogens is 282 g/mol. The van der Waals surface area contributed by atoms with E-state index in [0.29, 0.717) is 5.82 Å². The Hall–Kier alpha value is -2.05. The fraction of sp³-hybridized carbons (Fsp3) is 0.267. The third-order valence-electron chi connectivity index (χ3n) is 3.26. The Bertz CT molecular complexity index is 717. The molecule has 2 N–H and O–H groups in total. The minimum absolute atomic E-state index is 0.0892. The molecular formula is C15H17N5S. The van der Waals surface area contributed by atoms with E-state index in [1.165, 1.54) is 4.88 Å². The topological polar surface area (TPSA) is 69.6 Å². The van der Waals surface area contributed by atoms with Crippen LogP contribution in [-0.2, 0) is 0 Å². The van der Waals surface area contributed by atoms with Gasteiger partial charge in [-0.1, -0.05) is 30.3 Å². The first-order valence-electron chi connectivity index (χ1n) is 6.82. The molecule has 0 spiro atoms. The van der Waals surface area contributed by atoms with Gasteiger partial charge in [0.15, 0.2) is 0 Å². The first-order chi connectivity index (χ1) is 10.1. The lowest BCUT2D eigenvalue weighted by atomic mass is 10.1. The van der Waals surface area contributed by atoms with Crippen molar-refractivity contribution >= 4 is 11.3 Å². The van der Waals surface area contributed by atoms with Crippen LogP contribution in [0.25, 0.3) is 11.4 Å². The summed E-state index contributed by atoms with van der Waals surface area (Å²) in [5.74, 6) is 0.620. The number of hydrogen-bond acceptors (Lipinski definition) is 5. The van der Waals surface area contributed by atoms with E-state index in [-0.39, 0.29) is 12.1 Å². The summed E-state index contributed by atoms with van der Waals surface area (Å²) in [5, 5.41) is 12.9. The number of aromatic nitrogens is 4. The molecule has 2 heterocycles. The van der Waals surface area contributed by atoms with Gasteiger partial charge in [0.1, 0.15) is 6.04 Å². The van der Waals surface area contributed by atoms with E-state index in [1.807, 2.05) is 37.3 Å². The minimum atomic E-state index is -0.0964. The van der Waals surface area contributed by atoms with Gasteiger partial charge in [-0.05, 0) is 31.2 Å². The number of thiophene rings is 1. The second-order valence-electron chi connectivity index (χ2n) is 5.05. The quantitative estimate of drug-likeness (QED) is 0.804. The summed E-state index contributed by atoms with van der Waals surface area (Å²) < 4.78 is 0. The Balaban J connectivity index is 1.96. The Morgan fingerprint density at radius 2 is 1.90 bits per heavy atom. The van der Waals surface area contributed by atoms with Crippen LogP contribution in [0.4, 0.5) is 0 Å². The molecule has 0 saturated heterocycles. The van der Waals surface area contributed by atoms with Gasteiger partial charge in [-0.3, -0.25) is 0 Å². The molecule has 3 aromatic rings. The fourth-order valence-corrected chi connectivity index (χ4v) is 3.31. The van der Waals surface area contributed by atoms with Crippen molar-refractivity contribution < 1.29 is 0 Å². The van der Waals surface area contributed by atoms with Crippen LogP contribution in [0, 0.1) is 6.92 Å². The summed E-state index contributed by atoms with van der Waals surface area (Å²) in [6, 6.07) is 13.8. The van der Waals surface area contributed by atoms with Crippen molar-refractivity contribution in [1.29, 1.82) is 0 Å². The highest BCUT2D eigenvalue weighted by Crippen LogP contribution is 2.27. The van der Waals surface area contributed by atoms with Crippen LogP contribution < -0.4 is 5.73 Å². The molecule has 5 nitrogen and oxygen atoms in total. The molecule has 6 heteroatoms. The van der Waals surface area contributed by atoms with Gasteiger partial charge in [0.25, 0.3) is 0 Å². The minimum Gasteiger partial charge on any atom is -0.326 e. The average molecular weight is 299 g/mol. The van der Waals surface area contributed by atoms with E-state index in [0.717, 1.165) is 10.4 Å². The summed E-state index contributed by atoms with van der Waals surface area (Å²) >= 11 is 1.72. The van der Waals surface area contributed by atoms with Crippen molar-refractivity contribution in [3.8, 4) is 11.4 Å². The maximum atomic E-state index is 6.14. The number of nitrogens with zero attached hydrogens (tertiary/aromatic N) is 4. The molecule has 0 saturated carbocycles. The monoisotopic (exact) mass is 299 g/mol. The van der Waals surface area contributed by atoms with Crippen molar-refractivity contribution in [3.63, 3.8) is 0 Å². The second-order valence-corrected chi connectivity index (χ2v) is 6.37. The summed E-state index contributed by atoms with van der Waals surface area (Å²) in [6.45, 7) is 4.04. The molecule has 0 aliphatic rings. The molecule has 0 fully saturated rings. The van der Waals surface area contributed by atoms with Gasteiger partial charge >= 0.3 is 0 Å². The highest BCUT2D eigenvalue weighted by Gasteiger charge is 2.23. The maximum Gasteiger partial charge on any atom is 0.204 e. The van der Waals surface area contributed by atoms with Crippen molar-refractivity contribution in [1.82, 2.24) is 20.2 Å². The van der Waals surface area contributed by atoms with Crippen LogP contribution in [-0.4, -0.2) is 26.2 Å². The zero-order valence-electron chi connectivity index (χ0n) is 12.0. The smallest absolute Gasteiger partial charge is 0.204 e. The molecule has 0 radical (unpaired) electrons. The maximum absolute atomic E-state index is 6.14. The zero-order valence-corrected chi connectivity index (χ0v) is 12.8. The zero-order chi connectivity index (χ0) is 14.8. The third kappa shape index (κ3) is 2.86. The Morgan fingerprint density at radius 1 is 1.14 bits per heavy atom. The second kappa shape index (κ2) is 5.75. The Labute approximate surface area is 127 Å². The number of tetrazole rings is 1. The SMILES string of the molecule is Cc1ccc(C(C(C)N)n2nnc(-c3ccccc3)n2)s1. The van der Waals surface area contributed by atoms with Gasteiger partial charge in [0.05, 0.1) is 0 Å². The average Bonchev–Trinajstić information content (AvgIpc) is 3.10. The highest BCUT2D eigenvalue weighted by molar-refractivity contribution is 7.12. The molecule has 2 aromatic heterocycles. The summed E-state index contributed by atoms with van der Waals surface area (Å²) in [5.41, 5.74) is 7.09. The molecule has 21 heavy (non-hydrogen) atoms. The van der Waals surface area contributed by atoms with Gasteiger partial charge in [-0.15, -0.1) is 21.5 Å².